The van der Waals surface area contributed by atoms with Gasteiger partial charge < -0.3 is 10.1 Å². The lowest BCUT2D eigenvalue weighted by molar-refractivity contribution is 0.102. The molecule has 1 heterocycles. The molecule has 0 unspecified atom stereocenters. The van der Waals surface area contributed by atoms with Crippen molar-refractivity contribution in [2.24, 2.45) is 4.99 Å². The first kappa shape index (κ1) is 24.2. The van der Waals surface area contributed by atoms with Crippen LogP contribution in [0.5, 0.6) is 5.75 Å². The van der Waals surface area contributed by atoms with Crippen molar-refractivity contribution < 1.29 is 9.53 Å². The Balaban J connectivity index is 1.66. The lowest BCUT2D eigenvalue weighted by Crippen LogP contribution is -2.14. The van der Waals surface area contributed by atoms with Gasteiger partial charge in [0.05, 0.1) is 10.0 Å². The molecule has 0 aliphatic heterocycles. The minimum absolute atomic E-state index is 0.00774. The topological polar surface area (TPSA) is 74.5 Å². The number of nitrogens with zero attached hydrogens (tertiary/aromatic N) is 2. The van der Waals surface area contributed by atoms with Crippen LogP contribution in [-0.4, -0.2) is 18.7 Å². The van der Waals surface area contributed by atoms with Crippen LogP contribution in [0.2, 0.25) is 0 Å². The number of aryl methyl sites for hydroxylation is 2. The summed E-state index contributed by atoms with van der Waals surface area (Å²) in [4.78, 5) is 19.5. The molecule has 1 amide bonds. The fraction of sp³-hybridized carbons (Fsp3) is 0.296. The Morgan fingerprint density at radius 2 is 2.03 bits per heavy atom. The Morgan fingerprint density at radius 1 is 1.21 bits per heavy atom. The van der Waals surface area contributed by atoms with Crippen LogP contribution in [0.15, 0.2) is 51.9 Å². The minimum atomic E-state index is -0.0998. The van der Waals surface area contributed by atoms with E-state index in [-0.39, 0.29) is 12.5 Å². The summed E-state index contributed by atoms with van der Waals surface area (Å²) in [5, 5.41) is 12.6. The highest BCUT2D eigenvalue weighted by atomic mass is 79.9. The number of nitriles is 1. The maximum absolute atomic E-state index is 13.5. The average molecular weight is 536 g/mol. The lowest BCUT2D eigenvalue weighted by atomic mass is 9.96. The van der Waals surface area contributed by atoms with Gasteiger partial charge >= 0.3 is 0 Å². The van der Waals surface area contributed by atoms with Gasteiger partial charge in [-0.1, -0.05) is 25.0 Å². The van der Waals surface area contributed by atoms with Crippen LogP contribution in [0, 0.1) is 18.3 Å². The summed E-state index contributed by atoms with van der Waals surface area (Å²) < 4.78 is 6.15. The van der Waals surface area contributed by atoms with Crippen LogP contribution in [0.4, 0.5) is 10.7 Å². The molecule has 5 nitrogen and oxygen atoms in total. The molecular weight excluding hydrogens is 510 g/mol. The maximum atomic E-state index is 13.5. The number of nitrogens with one attached hydrogen (secondary N) is 1. The van der Waals surface area contributed by atoms with Crippen molar-refractivity contribution in [1.82, 2.24) is 0 Å². The van der Waals surface area contributed by atoms with Crippen molar-refractivity contribution in [3.63, 3.8) is 0 Å². The predicted molar refractivity (Wildman–Crippen MR) is 142 cm³/mol. The summed E-state index contributed by atoms with van der Waals surface area (Å²) >= 11 is 5.12. The Bertz CT molecular complexity index is 1260. The van der Waals surface area contributed by atoms with Gasteiger partial charge in [-0.2, -0.15) is 5.26 Å². The van der Waals surface area contributed by atoms with E-state index in [2.05, 4.69) is 21.2 Å². The first-order chi connectivity index (χ1) is 16.5. The number of fused-ring (bicyclic) bond motifs is 1. The summed E-state index contributed by atoms with van der Waals surface area (Å²) in [6, 6.07) is 15.4. The number of carbonyl (C=O) groups excluding carboxylic acids is 1. The second-order valence-electron chi connectivity index (χ2n) is 8.32. The van der Waals surface area contributed by atoms with Gasteiger partial charge in [-0.05, 0) is 95.6 Å². The van der Waals surface area contributed by atoms with Gasteiger partial charge in [0.15, 0.2) is 6.61 Å². The highest BCUT2D eigenvalue weighted by molar-refractivity contribution is 9.10. The van der Waals surface area contributed by atoms with Crippen LogP contribution in [0.3, 0.4) is 0 Å². The lowest BCUT2D eigenvalue weighted by Gasteiger charge is -2.12. The van der Waals surface area contributed by atoms with E-state index in [1.54, 1.807) is 17.6 Å². The third-order valence-corrected chi connectivity index (χ3v) is 7.55. The van der Waals surface area contributed by atoms with Crippen molar-refractivity contribution >= 4 is 50.1 Å². The predicted octanol–water partition coefficient (Wildman–Crippen LogP) is 7.38. The molecule has 34 heavy (non-hydrogen) atoms. The van der Waals surface area contributed by atoms with E-state index in [4.69, 9.17) is 15.0 Å². The van der Waals surface area contributed by atoms with E-state index < -0.39 is 0 Å². The zero-order chi connectivity index (χ0) is 23.9. The number of rotatable bonds is 6. The molecule has 0 fully saturated rings. The quantitative estimate of drug-likeness (QED) is 0.334. The average Bonchev–Trinajstić information content (AvgIpc) is 3.13. The Hall–Kier alpha value is -2.95. The third-order valence-electron chi connectivity index (χ3n) is 5.73. The fourth-order valence-electron chi connectivity index (χ4n) is 4.10. The van der Waals surface area contributed by atoms with Crippen molar-refractivity contribution in [1.29, 1.82) is 5.26 Å². The third kappa shape index (κ3) is 5.94. The van der Waals surface area contributed by atoms with Gasteiger partial charge in [0.2, 0.25) is 0 Å². The van der Waals surface area contributed by atoms with E-state index in [9.17, 15) is 4.79 Å². The molecule has 2 aromatic carbocycles. The summed E-state index contributed by atoms with van der Waals surface area (Å²) in [6.07, 6.45) is 8.35. The number of thiophene rings is 1. The normalized spacial score (nSPS) is 13.6. The molecule has 1 aliphatic carbocycles. The van der Waals surface area contributed by atoms with Gasteiger partial charge in [-0.3, -0.25) is 4.79 Å². The van der Waals surface area contributed by atoms with Gasteiger partial charge in [-0.15, -0.1) is 11.3 Å². The fourth-order valence-corrected chi connectivity index (χ4v) is 5.85. The highest BCUT2D eigenvalue weighted by Crippen LogP contribution is 2.39. The van der Waals surface area contributed by atoms with E-state index in [0.29, 0.717) is 11.3 Å². The number of carbonyl (C=O) groups is 1. The molecule has 0 saturated heterocycles. The summed E-state index contributed by atoms with van der Waals surface area (Å²) in [5.41, 5.74) is 4.63. The van der Waals surface area contributed by atoms with E-state index in [1.807, 2.05) is 55.5 Å². The standard InChI is InChI=1S/C27H26BrN3O2S/c1-18-7-6-8-20(15-18)31-26(32)25-21-9-4-2-3-5-10-24(21)34-27(25)30-17-19-11-12-23(22(28)16-19)33-14-13-29/h6-8,11-12,15-17H,2-5,9-10,14H2,1H3,(H,31,32). The molecular formula is C27H26BrN3O2S. The maximum Gasteiger partial charge on any atom is 0.259 e. The molecule has 3 aromatic rings. The second-order valence-corrected chi connectivity index (χ2v) is 10.3. The molecule has 1 N–H and O–H groups in total. The SMILES string of the molecule is Cc1cccc(NC(=O)c2c(N=Cc3ccc(OCC#N)c(Br)c3)sc3c2CCCCCC3)c1. The molecule has 0 saturated carbocycles. The molecule has 0 radical (unpaired) electrons. The van der Waals surface area contributed by atoms with E-state index >= 15 is 0 Å². The zero-order valence-corrected chi connectivity index (χ0v) is 21.5. The highest BCUT2D eigenvalue weighted by Gasteiger charge is 2.24. The number of ether oxygens (including phenoxy) is 1. The van der Waals surface area contributed by atoms with Crippen molar-refractivity contribution in [2.75, 3.05) is 11.9 Å². The van der Waals surface area contributed by atoms with Crippen molar-refractivity contribution in [3.05, 3.63) is 74.1 Å². The van der Waals surface area contributed by atoms with Gasteiger partial charge in [0.1, 0.15) is 16.8 Å². The number of hydrogen-bond acceptors (Lipinski definition) is 5. The number of anilines is 1. The smallest absolute Gasteiger partial charge is 0.259 e. The summed E-state index contributed by atoms with van der Waals surface area (Å²) in [6.45, 7) is 2.01. The van der Waals surface area contributed by atoms with E-state index in [1.165, 1.54) is 17.7 Å². The second kappa shape index (κ2) is 11.5. The van der Waals surface area contributed by atoms with Gasteiger partial charge in [0.25, 0.3) is 5.91 Å². The van der Waals surface area contributed by atoms with Crippen LogP contribution in [0.1, 0.15) is 57.6 Å². The Kier molecular flexibility index (Phi) is 8.15. The van der Waals surface area contributed by atoms with Crippen LogP contribution in [0.25, 0.3) is 0 Å². The molecule has 4 rings (SSSR count). The van der Waals surface area contributed by atoms with Gasteiger partial charge in [0, 0.05) is 16.8 Å². The number of benzene rings is 2. The monoisotopic (exact) mass is 535 g/mol. The minimum Gasteiger partial charge on any atom is -0.478 e. The molecule has 174 valence electrons. The number of amides is 1. The molecule has 1 aromatic heterocycles. The van der Waals surface area contributed by atoms with Crippen LogP contribution in [-0.2, 0) is 12.8 Å². The van der Waals surface area contributed by atoms with Gasteiger partial charge in [-0.25, -0.2) is 4.99 Å². The summed E-state index contributed by atoms with van der Waals surface area (Å²) in [7, 11) is 0. The molecule has 1 aliphatic rings. The summed E-state index contributed by atoms with van der Waals surface area (Å²) in [5.74, 6) is 0.508. The Labute approximate surface area is 212 Å². The number of aliphatic imine (C=N–C) groups is 1. The largest absolute Gasteiger partial charge is 0.478 e. The molecule has 0 spiro atoms. The molecule has 7 heteroatoms. The van der Waals surface area contributed by atoms with Crippen molar-refractivity contribution in [3.8, 4) is 11.8 Å². The zero-order valence-electron chi connectivity index (χ0n) is 19.1. The number of halogens is 1. The molecule has 0 atom stereocenters. The van der Waals surface area contributed by atoms with E-state index in [0.717, 1.165) is 57.5 Å². The van der Waals surface area contributed by atoms with Crippen LogP contribution < -0.4 is 10.1 Å². The van der Waals surface area contributed by atoms with Crippen LogP contribution >= 0.6 is 27.3 Å². The molecule has 0 bridgehead atoms. The number of hydrogen-bond donors (Lipinski definition) is 1. The van der Waals surface area contributed by atoms with Crippen molar-refractivity contribution in [2.45, 2.75) is 45.4 Å². The first-order valence-corrected chi connectivity index (χ1v) is 13.0. The first-order valence-electron chi connectivity index (χ1n) is 11.4. The Morgan fingerprint density at radius 3 is 2.79 bits per heavy atom.